The standard InChI is InChI=1S/C14H28N2O2/c1-10(2)16(4)14(18)11(3)15-13-8-6-5-7-12(13)9-17/h10-13,15,17H,5-9H2,1-4H3/t11-,12+,13+/m0/s1. The van der Waals surface area contributed by atoms with Crippen molar-refractivity contribution in [3.8, 4) is 0 Å². The largest absolute Gasteiger partial charge is 0.396 e. The molecule has 0 aromatic carbocycles. The van der Waals surface area contributed by atoms with Crippen molar-refractivity contribution in [1.29, 1.82) is 0 Å². The van der Waals surface area contributed by atoms with Gasteiger partial charge >= 0.3 is 0 Å². The molecule has 0 aromatic rings. The Balaban J connectivity index is 2.52. The topological polar surface area (TPSA) is 52.6 Å². The summed E-state index contributed by atoms with van der Waals surface area (Å²) in [5.41, 5.74) is 0. The van der Waals surface area contributed by atoms with Crippen LogP contribution in [0.15, 0.2) is 0 Å². The van der Waals surface area contributed by atoms with E-state index in [1.807, 2.05) is 27.8 Å². The normalized spacial score (nSPS) is 26.1. The summed E-state index contributed by atoms with van der Waals surface area (Å²) in [5, 5.41) is 12.8. The maximum absolute atomic E-state index is 12.2. The van der Waals surface area contributed by atoms with E-state index in [-0.39, 0.29) is 30.6 Å². The summed E-state index contributed by atoms with van der Waals surface area (Å²) < 4.78 is 0. The van der Waals surface area contributed by atoms with Gasteiger partial charge in [-0.2, -0.15) is 0 Å². The first-order valence-corrected chi connectivity index (χ1v) is 7.11. The van der Waals surface area contributed by atoms with E-state index in [1.54, 1.807) is 4.90 Å². The highest BCUT2D eigenvalue weighted by Crippen LogP contribution is 2.24. The number of hydrogen-bond acceptors (Lipinski definition) is 3. The lowest BCUT2D eigenvalue weighted by Gasteiger charge is -2.34. The van der Waals surface area contributed by atoms with Crippen LogP contribution in [0.25, 0.3) is 0 Å². The molecule has 0 bridgehead atoms. The molecule has 1 saturated carbocycles. The molecule has 18 heavy (non-hydrogen) atoms. The highest BCUT2D eigenvalue weighted by atomic mass is 16.3. The lowest BCUT2D eigenvalue weighted by molar-refractivity contribution is -0.133. The minimum absolute atomic E-state index is 0.132. The molecular weight excluding hydrogens is 228 g/mol. The summed E-state index contributed by atoms with van der Waals surface area (Å²) in [5.74, 6) is 0.436. The Hall–Kier alpha value is -0.610. The monoisotopic (exact) mass is 256 g/mol. The second kappa shape index (κ2) is 7.10. The minimum Gasteiger partial charge on any atom is -0.396 e. The Labute approximate surface area is 111 Å². The molecule has 106 valence electrons. The van der Waals surface area contributed by atoms with Crippen molar-refractivity contribution in [3.63, 3.8) is 0 Å². The lowest BCUT2D eigenvalue weighted by atomic mass is 9.84. The Kier molecular flexibility index (Phi) is 6.09. The summed E-state index contributed by atoms with van der Waals surface area (Å²) in [6, 6.07) is 0.333. The van der Waals surface area contributed by atoms with E-state index >= 15 is 0 Å². The number of aliphatic hydroxyl groups excluding tert-OH is 1. The molecule has 1 amide bonds. The van der Waals surface area contributed by atoms with Gasteiger partial charge in [0.05, 0.1) is 6.04 Å². The van der Waals surface area contributed by atoms with Gasteiger partial charge in [0.25, 0.3) is 0 Å². The molecular formula is C14H28N2O2. The zero-order chi connectivity index (χ0) is 13.7. The quantitative estimate of drug-likeness (QED) is 0.781. The fraction of sp³-hybridized carbons (Fsp3) is 0.929. The van der Waals surface area contributed by atoms with Gasteiger partial charge in [0.15, 0.2) is 0 Å². The maximum Gasteiger partial charge on any atom is 0.239 e. The van der Waals surface area contributed by atoms with E-state index < -0.39 is 0 Å². The Morgan fingerprint density at radius 2 is 1.94 bits per heavy atom. The van der Waals surface area contributed by atoms with Gasteiger partial charge in [-0.1, -0.05) is 12.8 Å². The van der Waals surface area contributed by atoms with Gasteiger partial charge in [-0.3, -0.25) is 4.79 Å². The van der Waals surface area contributed by atoms with E-state index in [1.165, 1.54) is 12.8 Å². The van der Waals surface area contributed by atoms with Crippen molar-refractivity contribution >= 4 is 5.91 Å². The number of nitrogens with one attached hydrogen (secondary N) is 1. The highest BCUT2D eigenvalue weighted by Gasteiger charge is 2.28. The van der Waals surface area contributed by atoms with Gasteiger partial charge in [0.1, 0.15) is 0 Å². The molecule has 0 aromatic heterocycles. The molecule has 2 N–H and O–H groups in total. The Morgan fingerprint density at radius 3 is 2.50 bits per heavy atom. The Bertz CT molecular complexity index is 269. The fourth-order valence-corrected chi connectivity index (χ4v) is 2.60. The third-order valence-corrected chi connectivity index (χ3v) is 4.10. The molecule has 0 heterocycles. The van der Waals surface area contributed by atoms with Crippen LogP contribution in [0.5, 0.6) is 0 Å². The summed E-state index contributed by atoms with van der Waals surface area (Å²) in [7, 11) is 1.84. The number of rotatable bonds is 5. The van der Waals surface area contributed by atoms with Crippen molar-refractivity contribution in [3.05, 3.63) is 0 Å². The van der Waals surface area contributed by atoms with Gasteiger partial charge in [-0.05, 0) is 39.5 Å². The molecule has 1 aliphatic rings. The summed E-state index contributed by atoms with van der Waals surface area (Å²) in [6.45, 7) is 6.17. The molecule has 0 saturated heterocycles. The third-order valence-electron chi connectivity index (χ3n) is 4.10. The SMILES string of the molecule is CC(C)N(C)C(=O)[C@H](C)N[C@@H]1CCCC[C@@H]1CO. The zero-order valence-corrected chi connectivity index (χ0v) is 12.1. The van der Waals surface area contributed by atoms with Gasteiger partial charge in [-0.25, -0.2) is 0 Å². The van der Waals surface area contributed by atoms with Crippen LogP contribution in [0.3, 0.4) is 0 Å². The maximum atomic E-state index is 12.2. The van der Waals surface area contributed by atoms with E-state index in [2.05, 4.69) is 5.32 Å². The second-order valence-corrected chi connectivity index (χ2v) is 5.76. The van der Waals surface area contributed by atoms with E-state index in [4.69, 9.17) is 0 Å². The summed E-state index contributed by atoms with van der Waals surface area (Å²) >= 11 is 0. The lowest BCUT2D eigenvalue weighted by Crippen LogP contribution is -2.52. The first-order valence-electron chi connectivity index (χ1n) is 7.11. The van der Waals surface area contributed by atoms with E-state index in [9.17, 15) is 9.90 Å². The third kappa shape index (κ3) is 3.95. The van der Waals surface area contributed by atoms with Crippen molar-refractivity contribution in [2.75, 3.05) is 13.7 Å². The number of carbonyl (C=O) groups is 1. The van der Waals surface area contributed by atoms with Crippen LogP contribution in [-0.2, 0) is 4.79 Å². The number of aliphatic hydroxyl groups is 1. The number of hydrogen-bond donors (Lipinski definition) is 2. The predicted molar refractivity (Wildman–Crippen MR) is 73.3 cm³/mol. The van der Waals surface area contributed by atoms with Crippen LogP contribution in [0, 0.1) is 5.92 Å². The Morgan fingerprint density at radius 1 is 1.33 bits per heavy atom. The molecule has 0 aliphatic heterocycles. The van der Waals surface area contributed by atoms with E-state index in [0.29, 0.717) is 5.92 Å². The molecule has 1 rings (SSSR count). The average Bonchev–Trinajstić information content (AvgIpc) is 2.37. The van der Waals surface area contributed by atoms with Gasteiger partial charge in [-0.15, -0.1) is 0 Å². The number of nitrogens with zero attached hydrogens (tertiary/aromatic N) is 1. The minimum atomic E-state index is -0.172. The van der Waals surface area contributed by atoms with Crippen molar-refractivity contribution in [1.82, 2.24) is 10.2 Å². The van der Waals surface area contributed by atoms with Crippen LogP contribution >= 0.6 is 0 Å². The molecule has 0 radical (unpaired) electrons. The van der Waals surface area contributed by atoms with Gasteiger partial charge in [0, 0.05) is 25.7 Å². The molecule has 0 spiro atoms. The molecule has 3 atom stereocenters. The smallest absolute Gasteiger partial charge is 0.239 e. The van der Waals surface area contributed by atoms with Gasteiger partial charge < -0.3 is 15.3 Å². The first-order chi connectivity index (χ1) is 8.47. The van der Waals surface area contributed by atoms with Crippen LogP contribution in [0.2, 0.25) is 0 Å². The van der Waals surface area contributed by atoms with Crippen molar-refractivity contribution in [2.45, 2.75) is 64.6 Å². The second-order valence-electron chi connectivity index (χ2n) is 5.76. The van der Waals surface area contributed by atoms with E-state index in [0.717, 1.165) is 12.8 Å². The van der Waals surface area contributed by atoms with Crippen molar-refractivity contribution < 1.29 is 9.90 Å². The number of likely N-dealkylation sites (N-methyl/N-ethyl adjacent to an activating group) is 1. The van der Waals surface area contributed by atoms with Crippen LogP contribution in [-0.4, -0.2) is 47.7 Å². The van der Waals surface area contributed by atoms with Gasteiger partial charge in [0.2, 0.25) is 5.91 Å². The molecule has 4 nitrogen and oxygen atoms in total. The summed E-state index contributed by atoms with van der Waals surface area (Å²) in [4.78, 5) is 13.9. The van der Waals surface area contributed by atoms with Crippen LogP contribution in [0.1, 0.15) is 46.5 Å². The molecule has 1 fully saturated rings. The molecule has 4 heteroatoms. The number of amides is 1. The fourth-order valence-electron chi connectivity index (χ4n) is 2.60. The first kappa shape index (κ1) is 15.4. The van der Waals surface area contributed by atoms with Crippen LogP contribution < -0.4 is 5.32 Å². The molecule has 0 unspecified atom stereocenters. The highest BCUT2D eigenvalue weighted by molar-refractivity contribution is 5.81. The zero-order valence-electron chi connectivity index (χ0n) is 12.1. The van der Waals surface area contributed by atoms with Crippen molar-refractivity contribution in [2.24, 2.45) is 5.92 Å². The van der Waals surface area contributed by atoms with Crippen LogP contribution in [0.4, 0.5) is 0 Å². The number of carbonyl (C=O) groups excluding carboxylic acids is 1. The molecule has 1 aliphatic carbocycles. The predicted octanol–water partition coefficient (Wildman–Crippen LogP) is 1.38. The summed E-state index contributed by atoms with van der Waals surface area (Å²) in [6.07, 6.45) is 4.51. The average molecular weight is 256 g/mol.